The van der Waals surface area contributed by atoms with Gasteiger partial charge in [-0.1, -0.05) is 23.8 Å². The Kier molecular flexibility index (Phi) is 5.68. The molecule has 3 aromatic rings. The molecule has 1 heterocycles. The van der Waals surface area contributed by atoms with Crippen molar-refractivity contribution in [2.75, 3.05) is 0 Å². The van der Waals surface area contributed by atoms with E-state index in [9.17, 15) is 4.79 Å². The molecular formula is C27H29NO2S. The maximum Gasteiger partial charge on any atom is 0.343 e. The Labute approximate surface area is 188 Å². The van der Waals surface area contributed by atoms with Crippen LogP contribution in [0.25, 0.3) is 0 Å². The molecule has 1 saturated carbocycles. The van der Waals surface area contributed by atoms with Crippen LogP contribution < -0.4 is 10.1 Å². The first-order chi connectivity index (χ1) is 15.0. The van der Waals surface area contributed by atoms with Gasteiger partial charge in [0.15, 0.2) is 0 Å². The monoisotopic (exact) mass is 431 g/mol. The molecule has 160 valence electrons. The zero-order valence-electron chi connectivity index (χ0n) is 18.2. The van der Waals surface area contributed by atoms with Crippen LogP contribution in [-0.4, -0.2) is 12.0 Å². The van der Waals surface area contributed by atoms with Crippen LogP contribution in [0, 0.1) is 25.7 Å². The van der Waals surface area contributed by atoms with Crippen molar-refractivity contribution in [3.8, 4) is 5.75 Å². The molecule has 3 nitrogen and oxygen atoms in total. The molecule has 1 fully saturated rings. The number of hydrogen-bond acceptors (Lipinski definition) is 4. The number of aryl methyl sites for hydroxylation is 2. The van der Waals surface area contributed by atoms with Gasteiger partial charge in [0.05, 0.1) is 5.56 Å². The second-order valence-electron chi connectivity index (χ2n) is 9.11. The van der Waals surface area contributed by atoms with E-state index in [2.05, 4.69) is 36.5 Å². The third-order valence-corrected chi connectivity index (χ3v) is 7.87. The largest absolute Gasteiger partial charge is 0.423 e. The van der Waals surface area contributed by atoms with E-state index in [1.165, 1.54) is 33.7 Å². The minimum Gasteiger partial charge on any atom is -0.423 e. The Bertz CT molecular complexity index is 1080. The van der Waals surface area contributed by atoms with Crippen LogP contribution in [-0.2, 0) is 19.4 Å². The molecule has 1 unspecified atom stereocenters. The van der Waals surface area contributed by atoms with Crippen LogP contribution in [0.2, 0.25) is 0 Å². The van der Waals surface area contributed by atoms with Crippen LogP contribution in [0.1, 0.15) is 49.6 Å². The van der Waals surface area contributed by atoms with E-state index >= 15 is 0 Å². The van der Waals surface area contributed by atoms with E-state index in [4.69, 9.17) is 4.74 Å². The molecule has 0 aliphatic heterocycles. The fourth-order valence-corrected chi connectivity index (χ4v) is 6.08. The normalized spacial score (nSPS) is 22.1. The highest BCUT2D eigenvalue weighted by molar-refractivity contribution is 7.11. The summed E-state index contributed by atoms with van der Waals surface area (Å²) in [6.07, 6.45) is 4.75. The number of nitrogens with one attached hydrogen (secondary N) is 1. The van der Waals surface area contributed by atoms with Crippen molar-refractivity contribution in [3.05, 3.63) is 86.6 Å². The minimum absolute atomic E-state index is 0.291. The summed E-state index contributed by atoms with van der Waals surface area (Å²) < 4.78 is 5.71. The average molecular weight is 432 g/mol. The number of carbonyl (C=O) groups excluding carboxylic acids is 1. The molecule has 0 radical (unpaired) electrons. The number of fused-ring (bicyclic) bond motifs is 3. The second-order valence-corrected chi connectivity index (χ2v) is 10.5. The van der Waals surface area contributed by atoms with Crippen molar-refractivity contribution < 1.29 is 9.53 Å². The highest BCUT2D eigenvalue weighted by atomic mass is 32.1. The zero-order chi connectivity index (χ0) is 21.4. The highest BCUT2D eigenvalue weighted by Gasteiger charge is 2.38. The lowest BCUT2D eigenvalue weighted by Gasteiger charge is -2.23. The number of hydrogen-bond donors (Lipinski definition) is 1. The Morgan fingerprint density at radius 1 is 0.968 bits per heavy atom. The third kappa shape index (κ3) is 4.46. The number of carbonyl (C=O) groups is 1. The maximum absolute atomic E-state index is 12.5. The maximum atomic E-state index is 12.5. The fourth-order valence-electron chi connectivity index (χ4n) is 5.24. The molecular weight excluding hydrogens is 402 g/mol. The summed E-state index contributed by atoms with van der Waals surface area (Å²) in [5, 5.41) is 3.89. The van der Waals surface area contributed by atoms with Gasteiger partial charge in [0.25, 0.3) is 0 Å². The smallest absolute Gasteiger partial charge is 0.343 e. The van der Waals surface area contributed by atoms with Gasteiger partial charge in [-0.15, -0.1) is 11.3 Å². The summed E-state index contributed by atoms with van der Waals surface area (Å²) in [7, 11) is 0. The summed E-state index contributed by atoms with van der Waals surface area (Å²) in [5.74, 6) is 1.70. The lowest BCUT2D eigenvalue weighted by molar-refractivity contribution is 0.0734. The van der Waals surface area contributed by atoms with Gasteiger partial charge < -0.3 is 10.1 Å². The SMILES string of the molecule is Cc1ccc(C(=O)Oc2ccc3c(c2)C[C@@H]2CCC(C3)[C@H]2NCc2ccc(C)s2)cc1. The zero-order valence-corrected chi connectivity index (χ0v) is 19.0. The van der Waals surface area contributed by atoms with Crippen LogP contribution in [0.5, 0.6) is 5.75 Å². The van der Waals surface area contributed by atoms with Gasteiger partial charge in [-0.3, -0.25) is 0 Å². The highest BCUT2D eigenvalue weighted by Crippen LogP contribution is 2.41. The number of rotatable bonds is 5. The molecule has 0 spiro atoms. The average Bonchev–Trinajstić information content (AvgIpc) is 3.29. The molecule has 2 bridgehead atoms. The van der Waals surface area contributed by atoms with Crippen molar-refractivity contribution >= 4 is 17.3 Å². The van der Waals surface area contributed by atoms with Gasteiger partial charge in [-0.2, -0.15) is 0 Å². The van der Waals surface area contributed by atoms with Gasteiger partial charge in [0.2, 0.25) is 0 Å². The fraction of sp³-hybridized carbons (Fsp3) is 0.370. The predicted molar refractivity (Wildman–Crippen MR) is 126 cm³/mol. The Morgan fingerprint density at radius 2 is 1.71 bits per heavy atom. The third-order valence-electron chi connectivity index (χ3n) is 6.87. The molecule has 0 amide bonds. The van der Waals surface area contributed by atoms with E-state index in [0.29, 0.717) is 29.2 Å². The Hall–Kier alpha value is -2.43. The summed E-state index contributed by atoms with van der Waals surface area (Å²) in [5.41, 5.74) is 4.49. The summed E-state index contributed by atoms with van der Waals surface area (Å²) in [6, 6.07) is 18.8. The van der Waals surface area contributed by atoms with Gasteiger partial charge >= 0.3 is 5.97 Å². The second kappa shape index (κ2) is 8.60. The summed E-state index contributed by atoms with van der Waals surface area (Å²) >= 11 is 1.89. The van der Waals surface area contributed by atoms with Crippen molar-refractivity contribution in [1.29, 1.82) is 0 Å². The van der Waals surface area contributed by atoms with Crippen molar-refractivity contribution in [2.24, 2.45) is 11.8 Å². The molecule has 1 N–H and O–H groups in total. The molecule has 4 heteroatoms. The van der Waals surface area contributed by atoms with Gasteiger partial charge in [-0.25, -0.2) is 4.79 Å². The molecule has 31 heavy (non-hydrogen) atoms. The van der Waals surface area contributed by atoms with Crippen molar-refractivity contribution in [1.82, 2.24) is 5.32 Å². The van der Waals surface area contributed by atoms with E-state index in [1.54, 1.807) is 0 Å². The first-order valence-electron chi connectivity index (χ1n) is 11.2. The molecule has 2 aromatic carbocycles. The lowest BCUT2D eigenvalue weighted by Crippen LogP contribution is -2.37. The standard InChI is InChI=1S/C27H29NO2S/c1-17-3-6-19(7-4-17)27(29)30-24-11-10-20-13-21-8-9-22(14-23(20)15-24)26(21)28-16-25-12-5-18(2)31-25/h3-7,10-12,15,21-22,26,28H,8-9,13-14,16H2,1-2H3/t21?,22-,26+/m0/s1. The number of esters is 1. The molecule has 5 rings (SSSR count). The van der Waals surface area contributed by atoms with E-state index in [0.717, 1.165) is 24.9 Å². The van der Waals surface area contributed by atoms with Crippen LogP contribution in [0.3, 0.4) is 0 Å². The van der Waals surface area contributed by atoms with Gasteiger partial charge in [0, 0.05) is 22.3 Å². The molecule has 1 aromatic heterocycles. The Morgan fingerprint density at radius 3 is 2.42 bits per heavy atom. The van der Waals surface area contributed by atoms with Crippen LogP contribution in [0.15, 0.2) is 54.6 Å². The quantitative estimate of drug-likeness (QED) is 0.406. The first kappa shape index (κ1) is 20.5. The number of benzene rings is 2. The molecule has 2 aliphatic carbocycles. The molecule has 0 saturated heterocycles. The predicted octanol–water partition coefficient (Wildman–Crippen LogP) is 5.87. The van der Waals surface area contributed by atoms with Crippen molar-refractivity contribution in [2.45, 2.75) is 52.1 Å². The van der Waals surface area contributed by atoms with Gasteiger partial charge in [0.1, 0.15) is 5.75 Å². The van der Waals surface area contributed by atoms with Gasteiger partial charge in [-0.05, 0) is 98.9 Å². The lowest BCUT2D eigenvalue weighted by atomic mass is 9.93. The molecule has 3 atom stereocenters. The van der Waals surface area contributed by atoms with E-state index < -0.39 is 0 Å². The van der Waals surface area contributed by atoms with E-state index in [-0.39, 0.29) is 5.97 Å². The minimum atomic E-state index is -0.291. The molecule has 2 aliphatic rings. The van der Waals surface area contributed by atoms with Crippen LogP contribution >= 0.6 is 11.3 Å². The Balaban J connectivity index is 1.28. The summed E-state index contributed by atoms with van der Waals surface area (Å²) in [4.78, 5) is 15.3. The summed E-state index contributed by atoms with van der Waals surface area (Å²) in [6.45, 7) is 5.15. The first-order valence-corrected chi connectivity index (χ1v) is 12.1. The number of ether oxygens (including phenoxy) is 1. The number of thiophene rings is 1. The van der Waals surface area contributed by atoms with Crippen LogP contribution in [0.4, 0.5) is 0 Å². The van der Waals surface area contributed by atoms with E-state index in [1.807, 2.05) is 48.6 Å². The topological polar surface area (TPSA) is 38.3 Å². The van der Waals surface area contributed by atoms with Crippen molar-refractivity contribution in [3.63, 3.8) is 0 Å².